The van der Waals surface area contributed by atoms with E-state index in [2.05, 4.69) is 24.1 Å². The third-order valence-corrected chi connectivity index (χ3v) is 3.23. The summed E-state index contributed by atoms with van der Waals surface area (Å²) in [6, 6.07) is 0.678. The van der Waals surface area contributed by atoms with Crippen molar-refractivity contribution in [1.29, 1.82) is 0 Å². The molecule has 1 rings (SSSR count). The second kappa shape index (κ2) is 6.96. The highest BCUT2D eigenvalue weighted by Crippen LogP contribution is 2.08. The summed E-state index contributed by atoms with van der Waals surface area (Å²) in [7, 11) is 0. The Morgan fingerprint density at radius 2 is 2.36 bits per heavy atom. The molecule has 0 fully saturated rings. The molecular formula is C11H20N2S. The van der Waals surface area contributed by atoms with Crippen LogP contribution in [0.5, 0.6) is 0 Å². The maximum absolute atomic E-state index is 4.07. The molecule has 0 amide bonds. The zero-order valence-electron chi connectivity index (χ0n) is 9.12. The first-order chi connectivity index (χ1) is 6.86. The summed E-state index contributed by atoms with van der Waals surface area (Å²) in [5.74, 6) is 0. The standard InChI is InChI=1S/C11H20N2S/c1-3-5-6-10(4-2)13-8-11-7-12-9-14-11/h7,9-10,13H,3-6,8H2,1-2H3. The first-order valence-corrected chi connectivity index (χ1v) is 6.35. The van der Waals surface area contributed by atoms with Crippen LogP contribution < -0.4 is 5.32 Å². The first kappa shape index (κ1) is 11.7. The summed E-state index contributed by atoms with van der Waals surface area (Å²) in [4.78, 5) is 5.40. The van der Waals surface area contributed by atoms with E-state index in [1.807, 2.05) is 11.7 Å². The van der Waals surface area contributed by atoms with E-state index in [9.17, 15) is 0 Å². The summed E-state index contributed by atoms with van der Waals surface area (Å²) < 4.78 is 0. The molecule has 0 bridgehead atoms. The average Bonchev–Trinajstić information content (AvgIpc) is 2.71. The van der Waals surface area contributed by atoms with Crippen LogP contribution >= 0.6 is 11.3 Å². The number of nitrogens with zero attached hydrogens (tertiary/aromatic N) is 1. The molecule has 14 heavy (non-hydrogen) atoms. The molecule has 0 aliphatic carbocycles. The number of nitrogens with one attached hydrogen (secondary N) is 1. The lowest BCUT2D eigenvalue weighted by molar-refractivity contribution is 0.453. The summed E-state index contributed by atoms with van der Waals surface area (Å²) in [6.07, 6.45) is 7.09. The molecule has 3 heteroatoms. The van der Waals surface area contributed by atoms with Gasteiger partial charge < -0.3 is 5.32 Å². The van der Waals surface area contributed by atoms with Crippen molar-refractivity contribution in [2.24, 2.45) is 0 Å². The smallest absolute Gasteiger partial charge is 0.0794 e. The number of thiazole rings is 1. The van der Waals surface area contributed by atoms with Crippen LogP contribution in [0.3, 0.4) is 0 Å². The van der Waals surface area contributed by atoms with Gasteiger partial charge in [0.1, 0.15) is 0 Å². The lowest BCUT2D eigenvalue weighted by Gasteiger charge is -2.15. The fourth-order valence-corrected chi connectivity index (χ4v) is 2.02. The quantitative estimate of drug-likeness (QED) is 0.750. The number of unbranched alkanes of at least 4 members (excludes halogenated alkanes) is 1. The molecule has 0 aliphatic rings. The Morgan fingerprint density at radius 3 is 2.93 bits per heavy atom. The molecule has 0 saturated carbocycles. The van der Waals surface area contributed by atoms with E-state index in [1.54, 1.807) is 11.3 Å². The van der Waals surface area contributed by atoms with E-state index >= 15 is 0 Å². The largest absolute Gasteiger partial charge is 0.309 e. The van der Waals surface area contributed by atoms with Gasteiger partial charge in [-0.3, -0.25) is 4.98 Å². The van der Waals surface area contributed by atoms with Crippen LogP contribution in [0.4, 0.5) is 0 Å². The Balaban J connectivity index is 2.20. The third-order valence-electron chi connectivity index (χ3n) is 2.45. The van der Waals surface area contributed by atoms with Gasteiger partial charge in [0, 0.05) is 23.7 Å². The normalized spacial score (nSPS) is 13.0. The van der Waals surface area contributed by atoms with Gasteiger partial charge in [-0.25, -0.2) is 0 Å². The second-order valence-electron chi connectivity index (χ2n) is 3.60. The molecule has 1 N–H and O–H groups in total. The minimum atomic E-state index is 0.678. The van der Waals surface area contributed by atoms with Gasteiger partial charge in [-0.1, -0.05) is 26.7 Å². The predicted molar refractivity (Wildman–Crippen MR) is 62.6 cm³/mol. The average molecular weight is 212 g/mol. The summed E-state index contributed by atoms with van der Waals surface area (Å²) in [5.41, 5.74) is 1.89. The zero-order valence-corrected chi connectivity index (χ0v) is 9.94. The van der Waals surface area contributed by atoms with Crippen LogP contribution in [-0.4, -0.2) is 11.0 Å². The van der Waals surface area contributed by atoms with Gasteiger partial charge in [0.05, 0.1) is 5.51 Å². The van der Waals surface area contributed by atoms with Crippen LogP contribution in [-0.2, 0) is 6.54 Å². The highest BCUT2D eigenvalue weighted by atomic mass is 32.1. The fourth-order valence-electron chi connectivity index (χ4n) is 1.48. The minimum Gasteiger partial charge on any atom is -0.309 e. The van der Waals surface area contributed by atoms with E-state index in [0.29, 0.717) is 6.04 Å². The number of aromatic nitrogens is 1. The van der Waals surface area contributed by atoms with Crippen molar-refractivity contribution >= 4 is 11.3 Å². The van der Waals surface area contributed by atoms with Gasteiger partial charge in [-0.15, -0.1) is 11.3 Å². The van der Waals surface area contributed by atoms with E-state index in [4.69, 9.17) is 0 Å². The number of rotatable bonds is 7. The van der Waals surface area contributed by atoms with E-state index in [-0.39, 0.29) is 0 Å². The molecule has 1 heterocycles. The monoisotopic (exact) mass is 212 g/mol. The predicted octanol–water partition coefficient (Wildman–Crippen LogP) is 3.20. The van der Waals surface area contributed by atoms with Gasteiger partial charge in [0.2, 0.25) is 0 Å². The van der Waals surface area contributed by atoms with Crippen molar-refractivity contribution in [3.63, 3.8) is 0 Å². The molecule has 1 aromatic rings. The lowest BCUT2D eigenvalue weighted by atomic mass is 10.1. The third kappa shape index (κ3) is 4.20. The molecule has 2 nitrogen and oxygen atoms in total. The Bertz CT molecular complexity index is 221. The van der Waals surface area contributed by atoms with E-state index < -0.39 is 0 Å². The molecule has 0 saturated heterocycles. The van der Waals surface area contributed by atoms with Crippen molar-refractivity contribution in [1.82, 2.24) is 10.3 Å². The van der Waals surface area contributed by atoms with Gasteiger partial charge in [0.15, 0.2) is 0 Å². The van der Waals surface area contributed by atoms with Crippen LogP contribution in [0.1, 0.15) is 44.4 Å². The maximum atomic E-state index is 4.07. The van der Waals surface area contributed by atoms with E-state index in [1.165, 1.54) is 30.6 Å². The van der Waals surface area contributed by atoms with Crippen molar-refractivity contribution < 1.29 is 0 Å². The molecule has 1 aromatic heterocycles. The lowest BCUT2D eigenvalue weighted by Crippen LogP contribution is -2.27. The Hall–Kier alpha value is -0.410. The Morgan fingerprint density at radius 1 is 1.50 bits per heavy atom. The summed E-state index contributed by atoms with van der Waals surface area (Å²) in [6.45, 7) is 5.47. The van der Waals surface area contributed by atoms with Gasteiger partial charge in [-0.2, -0.15) is 0 Å². The molecule has 1 unspecified atom stereocenters. The van der Waals surface area contributed by atoms with Crippen LogP contribution in [0.25, 0.3) is 0 Å². The highest BCUT2D eigenvalue weighted by Gasteiger charge is 2.04. The molecule has 0 spiro atoms. The van der Waals surface area contributed by atoms with Crippen LogP contribution in [0.2, 0.25) is 0 Å². The molecule has 0 radical (unpaired) electrons. The maximum Gasteiger partial charge on any atom is 0.0794 e. The Kier molecular flexibility index (Phi) is 5.80. The molecule has 1 atom stereocenters. The zero-order chi connectivity index (χ0) is 10.2. The van der Waals surface area contributed by atoms with Crippen LogP contribution in [0.15, 0.2) is 11.7 Å². The summed E-state index contributed by atoms with van der Waals surface area (Å²) in [5, 5.41) is 3.58. The minimum absolute atomic E-state index is 0.678. The van der Waals surface area contributed by atoms with Crippen LogP contribution in [0, 0.1) is 0 Å². The van der Waals surface area contributed by atoms with Crippen molar-refractivity contribution in [3.05, 3.63) is 16.6 Å². The van der Waals surface area contributed by atoms with Gasteiger partial charge in [0.25, 0.3) is 0 Å². The second-order valence-corrected chi connectivity index (χ2v) is 4.57. The molecule has 0 aromatic carbocycles. The van der Waals surface area contributed by atoms with Crippen molar-refractivity contribution in [2.45, 2.75) is 52.1 Å². The fraction of sp³-hybridized carbons (Fsp3) is 0.727. The van der Waals surface area contributed by atoms with E-state index in [0.717, 1.165) is 6.54 Å². The van der Waals surface area contributed by atoms with Crippen molar-refractivity contribution in [2.75, 3.05) is 0 Å². The van der Waals surface area contributed by atoms with Gasteiger partial charge in [-0.05, 0) is 12.8 Å². The SMILES string of the molecule is CCCCC(CC)NCc1cncs1. The summed E-state index contributed by atoms with van der Waals surface area (Å²) >= 11 is 1.73. The molecular weight excluding hydrogens is 192 g/mol. The number of hydrogen-bond donors (Lipinski definition) is 1. The number of hydrogen-bond acceptors (Lipinski definition) is 3. The topological polar surface area (TPSA) is 24.9 Å². The van der Waals surface area contributed by atoms with Gasteiger partial charge >= 0.3 is 0 Å². The highest BCUT2D eigenvalue weighted by molar-refractivity contribution is 7.09. The van der Waals surface area contributed by atoms with Crippen molar-refractivity contribution in [3.8, 4) is 0 Å². The molecule has 0 aliphatic heterocycles. The first-order valence-electron chi connectivity index (χ1n) is 5.47. The molecule has 80 valence electrons. The Labute approximate surface area is 90.8 Å².